The average Bonchev–Trinajstić information content (AvgIpc) is 2.70. The maximum absolute atomic E-state index is 9.64. The standard InChI is InChI=1S/C20H13Cl2N3O2/c21-16-8-14(9-17(22)19(16)26)18-10-23-20(25-24-18)27-11-13-6-3-5-12-4-1-2-7-15(12)13/h1-10,26H,11H2. The predicted octanol–water partition coefficient (Wildman–Crippen LogP) is 5.28. The number of aromatic hydroxyl groups is 1. The molecule has 1 aromatic heterocycles. The molecule has 0 aliphatic carbocycles. The van der Waals surface area contributed by atoms with Gasteiger partial charge in [-0.05, 0) is 28.5 Å². The van der Waals surface area contributed by atoms with E-state index in [0.717, 1.165) is 16.3 Å². The van der Waals surface area contributed by atoms with Crippen LogP contribution < -0.4 is 4.74 Å². The van der Waals surface area contributed by atoms with Gasteiger partial charge in [0.05, 0.1) is 16.2 Å². The molecule has 0 bridgehead atoms. The van der Waals surface area contributed by atoms with Gasteiger partial charge in [-0.15, -0.1) is 5.10 Å². The van der Waals surface area contributed by atoms with Gasteiger partial charge in [0, 0.05) is 5.56 Å². The topological polar surface area (TPSA) is 68.1 Å². The van der Waals surface area contributed by atoms with Crippen LogP contribution in [0.3, 0.4) is 0 Å². The van der Waals surface area contributed by atoms with E-state index in [1.165, 1.54) is 6.20 Å². The molecule has 0 aliphatic heterocycles. The normalized spacial score (nSPS) is 10.9. The third-order valence-corrected chi connectivity index (χ3v) is 4.67. The molecule has 27 heavy (non-hydrogen) atoms. The first-order chi connectivity index (χ1) is 13.1. The van der Waals surface area contributed by atoms with E-state index in [9.17, 15) is 5.11 Å². The number of phenols is 1. The van der Waals surface area contributed by atoms with Crippen molar-refractivity contribution in [2.45, 2.75) is 6.61 Å². The fourth-order valence-corrected chi connectivity index (χ4v) is 3.22. The number of aromatic nitrogens is 3. The quantitative estimate of drug-likeness (QED) is 0.506. The molecule has 4 aromatic rings. The lowest BCUT2D eigenvalue weighted by molar-refractivity contribution is 0.278. The summed E-state index contributed by atoms with van der Waals surface area (Å²) in [4.78, 5) is 4.19. The SMILES string of the molecule is Oc1c(Cl)cc(-c2cnc(OCc3cccc4ccccc34)nn2)cc1Cl. The molecule has 0 amide bonds. The molecule has 0 atom stereocenters. The molecule has 5 nitrogen and oxygen atoms in total. The third kappa shape index (κ3) is 3.65. The summed E-state index contributed by atoms with van der Waals surface area (Å²) in [6, 6.07) is 17.4. The van der Waals surface area contributed by atoms with Crippen LogP contribution in [-0.4, -0.2) is 20.3 Å². The Morgan fingerprint density at radius 1 is 0.926 bits per heavy atom. The van der Waals surface area contributed by atoms with Crippen LogP contribution in [0.2, 0.25) is 10.0 Å². The van der Waals surface area contributed by atoms with Crippen molar-refractivity contribution in [1.82, 2.24) is 15.2 Å². The Labute approximate surface area is 165 Å². The molecule has 0 spiro atoms. The molecule has 4 rings (SSSR count). The Morgan fingerprint density at radius 3 is 2.41 bits per heavy atom. The van der Waals surface area contributed by atoms with E-state index in [1.54, 1.807) is 12.1 Å². The largest absolute Gasteiger partial charge is 0.505 e. The molecule has 1 heterocycles. The van der Waals surface area contributed by atoms with Gasteiger partial charge in [-0.2, -0.15) is 0 Å². The molecule has 134 valence electrons. The summed E-state index contributed by atoms with van der Waals surface area (Å²) in [5.74, 6) is -0.168. The summed E-state index contributed by atoms with van der Waals surface area (Å²) in [5, 5.41) is 20.3. The second-order valence-electron chi connectivity index (χ2n) is 5.84. The molecule has 0 unspecified atom stereocenters. The van der Waals surface area contributed by atoms with Gasteiger partial charge < -0.3 is 9.84 Å². The minimum atomic E-state index is -0.168. The number of hydrogen-bond donors (Lipinski definition) is 1. The van der Waals surface area contributed by atoms with Crippen LogP contribution in [0.4, 0.5) is 0 Å². The molecule has 0 saturated carbocycles. The Hall–Kier alpha value is -2.89. The van der Waals surface area contributed by atoms with Crippen LogP contribution in [0.1, 0.15) is 5.56 Å². The third-order valence-electron chi connectivity index (χ3n) is 4.09. The van der Waals surface area contributed by atoms with Gasteiger partial charge in [0.2, 0.25) is 0 Å². The van der Waals surface area contributed by atoms with Crippen molar-refractivity contribution in [3.05, 3.63) is 76.4 Å². The van der Waals surface area contributed by atoms with Crippen molar-refractivity contribution < 1.29 is 9.84 Å². The highest BCUT2D eigenvalue weighted by Crippen LogP contribution is 2.35. The van der Waals surface area contributed by atoms with Gasteiger partial charge in [0.25, 0.3) is 0 Å². The molecule has 0 radical (unpaired) electrons. The van der Waals surface area contributed by atoms with E-state index in [2.05, 4.69) is 33.4 Å². The first kappa shape index (κ1) is 17.5. The number of hydrogen-bond acceptors (Lipinski definition) is 5. The average molecular weight is 398 g/mol. The highest BCUT2D eigenvalue weighted by Gasteiger charge is 2.11. The lowest BCUT2D eigenvalue weighted by atomic mass is 10.1. The lowest BCUT2D eigenvalue weighted by Gasteiger charge is -2.08. The summed E-state index contributed by atoms with van der Waals surface area (Å²) in [7, 11) is 0. The molecule has 7 heteroatoms. The Morgan fingerprint density at radius 2 is 1.67 bits per heavy atom. The van der Waals surface area contributed by atoms with Crippen LogP contribution in [0.5, 0.6) is 11.8 Å². The van der Waals surface area contributed by atoms with Crippen LogP contribution >= 0.6 is 23.2 Å². The van der Waals surface area contributed by atoms with Crippen molar-refractivity contribution in [2.75, 3.05) is 0 Å². The highest BCUT2D eigenvalue weighted by molar-refractivity contribution is 6.37. The molecule has 0 aliphatic rings. The lowest BCUT2D eigenvalue weighted by Crippen LogP contribution is -2.02. The van der Waals surface area contributed by atoms with E-state index < -0.39 is 0 Å². The summed E-state index contributed by atoms with van der Waals surface area (Å²) >= 11 is 11.9. The van der Waals surface area contributed by atoms with Crippen molar-refractivity contribution in [1.29, 1.82) is 0 Å². The molecular weight excluding hydrogens is 385 g/mol. The number of nitrogens with zero attached hydrogens (tertiary/aromatic N) is 3. The number of ether oxygens (including phenoxy) is 1. The second kappa shape index (κ2) is 7.39. The van der Waals surface area contributed by atoms with Gasteiger partial charge in [0.1, 0.15) is 12.3 Å². The Balaban J connectivity index is 1.53. The molecule has 0 saturated heterocycles. The summed E-state index contributed by atoms with van der Waals surface area (Å²) in [6.07, 6.45) is 1.52. The van der Waals surface area contributed by atoms with Crippen LogP contribution in [-0.2, 0) is 6.61 Å². The molecule has 3 aromatic carbocycles. The van der Waals surface area contributed by atoms with Gasteiger partial charge in [0.15, 0.2) is 5.75 Å². The molecule has 1 N–H and O–H groups in total. The van der Waals surface area contributed by atoms with Gasteiger partial charge in [-0.1, -0.05) is 70.8 Å². The maximum Gasteiger partial charge on any atom is 0.336 e. The van der Waals surface area contributed by atoms with E-state index >= 15 is 0 Å². The first-order valence-electron chi connectivity index (χ1n) is 8.09. The van der Waals surface area contributed by atoms with Crippen molar-refractivity contribution >= 4 is 34.0 Å². The van der Waals surface area contributed by atoms with Gasteiger partial charge >= 0.3 is 6.01 Å². The van der Waals surface area contributed by atoms with Gasteiger partial charge in [-0.25, -0.2) is 4.98 Å². The van der Waals surface area contributed by atoms with E-state index in [1.807, 2.05) is 24.3 Å². The number of benzene rings is 3. The zero-order chi connectivity index (χ0) is 18.8. The van der Waals surface area contributed by atoms with Crippen LogP contribution in [0.15, 0.2) is 60.8 Å². The predicted molar refractivity (Wildman–Crippen MR) is 105 cm³/mol. The number of fused-ring (bicyclic) bond motifs is 1. The molecular formula is C20H13Cl2N3O2. The summed E-state index contributed by atoms with van der Waals surface area (Å²) in [6.45, 7) is 0.333. The fourth-order valence-electron chi connectivity index (χ4n) is 2.74. The second-order valence-corrected chi connectivity index (χ2v) is 6.66. The van der Waals surface area contributed by atoms with E-state index in [0.29, 0.717) is 17.9 Å². The zero-order valence-electron chi connectivity index (χ0n) is 13.9. The maximum atomic E-state index is 9.64. The van der Waals surface area contributed by atoms with E-state index in [-0.39, 0.29) is 21.8 Å². The number of rotatable bonds is 4. The first-order valence-corrected chi connectivity index (χ1v) is 8.85. The summed E-state index contributed by atoms with van der Waals surface area (Å²) in [5.41, 5.74) is 2.11. The minimum Gasteiger partial charge on any atom is -0.505 e. The van der Waals surface area contributed by atoms with Crippen LogP contribution in [0, 0.1) is 0 Å². The minimum absolute atomic E-state index is 0.135. The highest BCUT2D eigenvalue weighted by atomic mass is 35.5. The van der Waals surface area contributed by atoms with Gasteiger partial charge in [-0.3, -0.25) is 0 Å². The van der Waals surface area contributed by atoms with Crippen LogP contribution in [0.25, 0.3) is 22.0 Å². The van der Waals surface area contributed by atoms with E-state index in [4.69, 9.17) is 27.9 Å². The fraction of sp³-hybridized carbons (Fsp3) is 0.0500. The number of halogens is 2. The van der Waals surface area contributed by atoms with Crippen molar-refractivity contribution in [2.24, 2.45) is 0 Å². The summed E-state index contributed by atoms with van der Waals surface area (Å²) < 4.78 is 5.68. The smallest absolute Gasteiger partial charge is 0.336 e. The number of phenolic OH excluding ortho intramolecular Hbond substituents is 1. The monoisotopic (exact) mass is 397 g/mol. The molecule has 0 fully saturated rings. The van der Waals surface area contributed by atoms with Crippen molar-refractivity contribution in [3.8, 4) is 23.0 Å². The Kier molecular flexibility index (Phi) is 4.79. The zero-order valence-corrected chi connectivity index (χ0v) is 15.4. The van der Waals surface area contributed by atoms with Crippen molar-refractivity contribution in [3.63, 3.8) is 0 Å². The Bertz CT molecular complexity index is 1090.